The largest absolute Gasteiger partial charge is 0.477 e. The van der Waals surface area contributed by atoms with Crippen LogP contribution in [-0.2, 0) is 0 Å². The third kappa shape index (κ3) is 5.02. The molecule has 0 N–H and O–H groups in total. The highest BCUT2D eigenvalue weighted by atomic mass is 79.9. The number of aromatic nitrogens is 2. The highest BCUT2D eigenvalue weighted by Crippen LogP contribution is 2.19. The topological polar surface area (TPSA) is 35.0 Å². The zero-order chi connectivity index (χ0) is 12.8. The van der Waals surface area contributed by atoms with Crippen molar-refractivity contribution >= 4 is 15.9 Å². The second-order valence-corrected chi connectivity index (χ2v) is 5.56. The molecule has 0 saturated heterocycles. The van der Waals surface area contributed by atoms with E-state index in [0.29, 0.717) is 17.7 Å². The van der Waals surface area contributed by atoms with Gasteiger partial charge in [-0.05, 0) is 28.3 Å². The minimum atomic E-state index is 0.308. The van der Waals surface area contributed by atoms with Crippen molar-refractivity contribution < 1.29 is 4.74 Å². The summed E-state index contributed by atoms with van der Waals surface area (Å²) >= 11 is 3.39. The van der Waals surface area contributed by atoms with Gasteiger partial charge in [0.15, 0.2) is 0 Å². The first kappa shape index (κ1) is 14.4. The Bertz CT molecular complexity index is 355. The van der Waals surface area contributed by atoms with Crippen molar-refractivity contribution in [3.8, 4) is 5.88 Å². The van der Waals surface area contributed by atoms with E-state index in [9.17, 15) is 0 Å². The quantitative estimate of drug-likeness (QED) is 0.739. The van der Waals surface area contributed by atoms with Crippen LogP contribution in [0.25, 0.3) is 0 Å². The van der Waals surface area contributed by atoms with E-state index in [-0.39, 0.29) is 0 Å². The zero-order valence-electron chi connectivity index (χ0n) is 11.0. The van der Waals surface area contributed by atoms with Crippen molar-refractivity contribution in [2.45, 2.75) is 46.5 Å². The molecule has 0 amide bonds. The maximum absolute atomic E-state index is 5.71. The van der Waals surface area contributed by atoms with Crippen LogP contribution in [0.2, 0.25) is 0 Å². The van der Waals surface area contributed by atoms with Crippen LogP contribution in [0.3, 0.4) is 0 Å². The van der Waals surface area contributed by atoms with Crippen LogP contribution in [-0.4, -0.2) is 16.6 Å². The predicted molar refractivity (Wildman–Crippen MR) is 73.4 cm³/mol. The van der Waals surface area contributed by atoms with Gasteiger partial charge < -0.3 is 4.74 Å². The lowest BCUT2D eigenvalue weighted by atomic mass is 10.1. The summed E-state index contributed by atoms with van der Waals surface area (Å²) in [5.74, 6) is 2.36. The highest BCUT2D eigenvalue weighted by molar-refractivity contribution is 9.10. The molecule has 0 aliphatic heterocycles. The maximum atomic E-state index is 5.71. The van der Waals surface area contributed by atoms with Crippen molar-refractivity contribution in [3.05, 3.63) is 16.5 Å². The second kappa shape index (κ2) is 6.94. The maximum Gasteiger partial charge on any atom is 0.217 e. The van der Waals surface area contributed by atoms with E-state index in [1.54, 1.807) is 0 Å². The molecule has 0 spiro atoms. The number of halogens is 1. The number of hydrogen-bond acceptors (Lipinski definition) is 3. The molecule has 3 nitrogen and oxygen atoms in total. The van der Waals surface area contributed by atoms with E-state index < -0.39 is 0 Å². The molecule has 0 aliphatic carbocycles. The Labute approximate surface area is 112 Å². The van der Waals surface area contributed by atoms with Gasteiger partial charge in [0.2, 0.25) is 5.88 Å². The smallest absolute Gasteiger partial charge is 0.217 e. The minimum absolute atomic E-state index is 0.308. The fourth-order valence-electron chi connectivity index (χ4n) is 1.55. The summed E-state index contributed by atoms with van der Waals surface area (Å²) in [5, 5.41) is 0. The molecule has 4 heteroatoms. The molecule has 1 atom stereocenters. The Hall–Kier alpha value is -0.640. The van der Waals surface area contributed by atoms with Gasteiger partial charge in [-0.3, -0.25) is 0 Å². The molecule has 96 valence electrons. The molecule has 0 fully saturated rings. The Morgan fingerprint density at radius 2 is 2.00 bits per heavy atom. The SMILES string of the molecule is CCCC(C)COc1cc(Br)nc(C(C)C)n1. The average Bonchev–Trinajstić information content (AvgIpc) is 2.26. The van der Waals surface area contributed by atoms with Gasteiger partial charge in [0.25, 0.3) is 0 Å². The molecule has 1 unspecified atom stereocenters. The van der Waals surface area contributed by atoms with E-state index in [0.717, 1.165) is 17.0 Å². The summed E-state index contributed by atoms with van der Waals surface area (Å²) < 4.78 is 6.50. The van der Waals surface area contributed by atoms with Crippen LogP contribution in [0.5, 0.6) is 5.88 Å². The fraction of sp³-hybridized carbons (Fsp3) is 0.692. The molecule has 1 rings (SSSR count). The third-order valence-electron chi connectivity index (χ3n) is 2.50. The summed E-state index contributed by atoms with van der Waals surface area (Å²) in [6.45, 7) is 9.25. The second-order valence-electron chi connectivity index (χ2n) is 4.75. The van der Waals surface area contributed by atoms with Crippen LogP contribution in [0.1, 0.15) is 52.3 Å². The minimum Gasteiger partial charge on any atom is -0.477 e. The lowest BCUT2D eigenvalue weighted by molar-refractivity contribution is 0.241. The molecule has 0 saturated carbocycles. The molecule has 0 aliphatic rings. The number of nitrogens with zero attached hydrogens (tertiary/aromatic N) is 2. The first-order valence-corrected chi connectivity index (χ1v) is 6.99. The van der Waals surface area contributed by atoms with Crippen LogP contribution < -0.4 is 4.74 Å². The van der Waals surface area contributed by atoms with Crippen LogP contribution in [0.4, 0.5) is 0 Å². The molecule has 1 aromatic rings. The number of hydrogen-bond donors (Lipinski definition) is 0. The Balaban J connectivity index is 2.64. The average molecular weight is 301 g/mol. The van der Waals surface area contributed by atoms with Crippen molar-refractivity contribution in [1.82, 2.24) is 9.97 Å². The fourth-order valence-corrected chi connectivity index (χ4v) is 1.93. The van der Waals surface area contributed by atoms with E-state index in [1.807, 2.05) is 6.07 Å². The van der Waals surface area contributed by atoms with Gasteiger partial charge in [-0.15, -0.1) is 0 Å². The summed E-state index contributed by atoms with van der Waals surface area (Å²) in [5.41, 5.74) is 0. The monoisotopic (exact) mass is 300 g/mol. The Kier molecular flexibility index (Phi) is 5.89. The van der Waals surface area contributed by atoms with E-state index >= 15 is 0 Å². The molecule has 17 heavy (non-hydrogen) atoms. The van der Waals surface area contributed by atoms with E-state index in [4.69, 9.17) is 4.74 Å². The van der Waals surface area contributed by atoms with Crippen molar-refractivity contribution in [1.29, 1.82) is 0 Å². The Morgan fingerprint density at radius 1 is 1.29 bits per heavy atom. The summed E-state index contributed by atoms with van der Waals surface area (Å²) in [6.07, 6.45) is 2.37. The number of rotatable bonds is 6. The van der Waals surface area contributed by atoms with Gasteiger partial charge in [0.1, 0.15) is 10.4 Å². The lowest BCUT2D eigenvalue weighted by Crippen LogP contribution is -2.10. The van der Waals surface area contributed by atoms with E-state index in [1.165, 1.54) is 12.8 Å². The lowest BCUT2D eigenvalue weighted by Gasteiger charge is -2.12. The van der Waals surface area contributed by atoms with Gasteiger partial charge in [-0.25, -0.2) is 4.98 Å². The molecule has 0 radical (unpaired) electrons. The highest BCUT2D eigenvalue weighted by Gasteiger charge is 2.09. The first-order chi connectivity index (χ1) is 8.02. The normalized spacial score (nSPS) is 12.8. The molecule has 1 aromatic heterocycles. The summed E-state index contributed by atoms with van der Waals surface area (Å²) in [7, 11) is 0. The van der Waals surface area contributed by atoms with Crippen LogP contribution in [0.15, 0.2) is 10.7 Å². The predicted octanol–water partition coefficient (Wildman–Crippen LogP) is 4.18. The van der Waals surface area contributed by atoms with Gasteiger partial charge in [-0.2, -0.15) is 4.98 Å². The van der Waals surface area contributed by atoms with Gasteiger partial charge in [0.05, 0.1) is 6.61 Å². The van der Waals surface area contributed by atoms with Crippen LogP contribution >= 0.6 is 15.9 Å². The first-order valence-electron chi connectivity index (χ1n) is 6.20. The zero-order valence-corrected chi connectivity index (χ0v) is 12.6. The van der Waals surface area contributed by atoms with Crippen molar-refractivity contribution in [3.63, 3.8) is 0 Å². The van der Waals surface area contributed by atoms with Crippen molar-refractivity contribution in [2.24, 2.45) is 5.92 Å². The van der Waals surface area contributed by atoms with Gasteiger partial charge in [0, 0.05) is 12.0 Å². The number of ether oxygens (including phenoxy) is 1. The molecule has 0 aromatic carbocycles. The Morgan fingerprint density at radius 3 is 2.59 bits per heavy atom. The van der Waals surface area contributed by atoms with Crippen molar-refractivity contribution in [2.75, 3.05) is 6.61 Å². The van der Waals surface area contributed by atoms with Crippen LogP contribution in [0, 0.1) is 5.92 Å². The van der Waals surface area contributed by atoms with Gasteiger partial charge >= 0.3 is 0 Å². The molecular formula is C13H21BrN2O. The standard InChI is InChI=1S/C13H21BrN2O/c1-5-6-10(4)8-17-12-7-11(14)15-13(16-12)9(2)3/h7,9-10H,5-6,8H2,1-4H3. The third-order valence-corrected chi connectivity index (χ3v) is 2.91. The molecule has 0 bridgehead atoms. The van der Waals surface area contributed by atoms with E-state index in [2.05, 4.69) is 53.6 Å². The van der Waals surface area contributed by atoms with Gasteiger partial charge in [-0.1, -0.05) is 34.1 Å². The summed E-state index contributed by atoms with van der Waals surface area (Å²) in [4.78, 5) is 8.72. The summed E-state index contributed by atoms with van der Waals surface area (Å²) in [6, 6.07) is 1.82. The molecule has 1 heterocycles. The molecular weight excluding hydrogens is 280 g/mol.